The number of benzene rings is 1. The Morgan fingerprint density at radius 3 is 2.63 bits per heavy atom. The average molecular weight is 276 g/mol. The van der Waals surface area contributed by atoms with Crippen LogP contribution >= 0.6 is 11.3 Å². The van der Waals surface area contributed by atoms with Crippen molar-refractivity contribution in [1.29, 1.82) is 0 Å². The molecule has 0 aliphatic rings. The van der Waals surface area contributed by atoms with E-state index in [1.807, 2.05) is 18.3 Å². The lowest BCUT2D eigenvalue weighted by atomic mass is 10.1. The maximum Gasteiger partial charge on any atom is 0.335 e. The van der Waals surface area contributed by atoms with Crippen molar-refractivity contribution in [3.05, 3.63) is 51.5 Å². The molecule has 0 bridgehead atoms. The summed E-state index contributed by atoms with van der Waals surface area (Å²) >= 11 is 1.72. The highest BCUT2D eigenvalue weighted by atomic mass is 32.1. The standard InChI is InChI=1S/C14H16N2O2S/c1-2-13-16-9-12(19-13)8-15-7-10-3-5-11(6-4-10)14(17)18/h3-6,9,15H,2,7-8H2,1H3,(H,17,18). The number of hydrogen-bond donors (Lipinski definition) is 2. The van der Waals surface area contributed by atoms with Crippen molar-refractivity contribution in [2.45, 2.75) is 26.4 Å². The summed E-state index contributed by atoms with van der Waals surface area (Å²) in [7, 11) is 0. The van der Waals surface area contributed by atoms with Gasteiger partial charge >= 0.3 is 5.97 Å². The summed E-state index contributed by atoms with van der Waals surface area (Å²) in [5.41, 5.74) is 1.39. The summed E-state index contributed by atoms with van der Waals surface area (Å²) in [6, 6.07) is 6.92. The summed E-state index contributed by atoms with van der Waals surface area (Å²) in [5.74, 6) is -0.892. The Morgan fingerprint density at radius 2 is 2.05 bits per heavy atom. The van der Waals surface area contributed by atoms with E-state index in [0.29, 0.717) is 5.56 Å². The van der Waals surface area contributed by atoms with Gasteiger partial charge in [-0.3, -0.25) is 0 Å². The molecule has 0 fully saturated rings. The van der Waals surface area contributed by atoms with Gasteiger partial charge < -0.3 is 10.4 Å². The van der Waals surface area contributed by atoms with E-state index in [-0.39, 0.29) is 0 Å². The Kier molecular flexibility index (Phi) is 4.65. The summed E-state index contributed by atoms with van der Waals surface area (Å²) in [6.45, 7) is 3.61. The Morgan fingerprint density at radius 1 is 1.32 bits per heavy atom. The minimum Gasteiger partial charge on any atom is -0.478 e. The molecule has 4 nitrogen and oxygen atoms in total. The van der Waals surface area contributed by atoms with Gasteiger partial charge in [0.25, 0.3) is 0 Å². The fourth-order valence-electron chi connectivity index (χ4n) is 1.69. The number of nitrogens with one attached hydrogen (secondary N) is 1. The molecule has 2 rings (SSSR count). The quantitative estimate of drug-likeness (QED) is 0.851. The first-order valence-corrected chi connectivity index (χ1v) is 6.97. The van der Waals surface area contributed by atoms with E-state index in [9.17, 15) is 4.79 Å². The number of rotatable bonds is 6. The lowest BCUT2D eigenvalue weighted by Gasteiger charge is -2.03. The maximum absolute atomic E-state index is 10.7. The van der Waals surface area contributed by atoms with Crippen molar-refractivity contribution in [1.82, 2.24) is 10.3 Å². The van der Waals surface area contributed by atoms with Gasteiger partial charge in [-0.25, -0.2) is 9.78 Å². The third-order valence-electron chi connectivity index (χ3n) is 2.73. The first-order chi connectivity index (χ1) is 9.19. The van der Waals surface area contributed by atoms with Gasteiger partial charge in [0.1, 0.15) is 0 Å². The van der Waals surface area contributed by atoms with E-state index in [0.717, 1.165) is 30.1 Å². The minimum absolute atomic E-state index is 0.318. The first kappa shape index (κ1) is 13.7. The highest BCUT2D eigenvalue weighted by molar-refractivity contribution is 7.11. The molecule has 0 atom stereocenters. The third kappa shape index (κ3) is 3.87. The van der Waals surface area contributed by atoms with Crippen LogP contribution in [0.1, 0.15) is 32.7 Å². The molecule has 0 saturated carbocycles. The summed E-state index contributed by atoms with van der Waals surface area (Å²) in [4.78, 5) is 16.2. The molecule has 2 aromatic rings. The summed E-state index contributed by atoms with van der Waals surface area (Å²) in [5, 5.41) is 13.3. The highest BCUT2D eigenvalue weighted by Gasteiger charge is 2.02. The van der Waals surface area contributed by atoms with Gasteiger partial charge in [-0.05, 0) is 24.1 Å². The second-order valence-corrected chi connectivity index (χ2v) is 5.38. The van der Waals surface area contributed by atoms with Crippen molar-refractivity contribution in [3.63, 3.8) is 0 Å². The lowest BCUT2D eigenvalue weighted by Crippen LogP contribution is -2.11. The van der Waals surface area contributed by atoms with Gasteiger partial charge in [0, 0.05) is 24.2 Å². The molecule has 0 saturated heterocycles. The fraction of sp³-hybridized carbons (Fsp3) is 0.286. The van der Waals surface area contributed by atoms with Gasteiger partial charge in [-0.2, -0.15) is 0 Å². The van der Waals surface area contributed by atoms with Gasteiger partial charge in [-0.1, -0.05) is 19.1 Å². The van der Waals surface area contributed by atoms with E-state index in [1.165, 1.54) is 4.88 Å². The summed E-state index contributed by atoms with van der Waals surface area (Å²) < 4.78 is 0. The maximum atomic E-state index is 10.7. The molecule has 19 heavy (non-hydrogen) atoms. The van der Waals surface area contributed by atoms with Gasteiger partial charge in [0.05, 0.1) is 10.6 Å². The van der Waals surface area contributed by atoms with Gasteiger partial charge in [0.15, 0.2) is 0 Å². The Labute approximate surface area is 116 Å². The molecule has 0 unspecified atom stereocenters. The van der Waals surface area contributed by atoms with Crippen LogP contribution in [0.2, 0.25) is 0 Å². The third-order valence-corrected chi connectivity index (χ3v) is 3.87. The van der Waals surface area contributed by atoms with Crippen LogP contribution in [0.4, 0.5) is 0 Å². The van der Waals surface area contributed by atoms with Gasteiger partial charge in [-0.15, -0.1) is 11.3 Å². The molecular formula is C14H16N2O2S. The number of carboxylic acid groups (broad SMARTS) is 1. The average Bonchev–Trinajstić information content (AvgIpc) is 2.87. The molecule has 1 aromatic heterocycles. The minimum atomic E-state index is -0.892. The number of carbonyl (C=O) groups is 1. The van der Waals surface area contributed by atoms with E-state index >= 15 is 0 Å². The highest BCUT2D eigenvalue weighted by Crippen LogP contribution is 2.13. The zero-order valence-corrected chi connectivity index (χ0v) is 11.5. The summed E-state index contributed by atoms with van der Waals surface area (Å²) in [6.07, 6.45) is 2.88. The molecule has 100 valence electrons. The van der Waals surface area contributed by atoms with Crippen LogP contribution in [0.5, 0.6) is 0 Å². The zero-order valence-electron chi connectivity index (χ0n) is 10.7. The Bertz CT molecular complexity index is 549. The predicted octanol–water partition coefficient (Wildman–Crippen LogP) is 2.69. The SMILES string of the molecule is CCc1ncc(CNCc2ccc(C(=O)O)cc2)s1. The van der Waals surface area contributed by atoms with Crippen LogP contribution in [0.15, 0.2) is 30.5 Å². The molecule has 0 amide bonds. The van der Waals surface area contributed by atoms with Crippen molar-refractivity contribution in [2.75, 3.05) is 0 Å². The van der Waals surface area contributed by atoms with Crippen molar-refractivity contribution < 1.29 is 9.90 Å². The molecule has 0 aliphatic carbocycles. The second-order valence-electron chi connectivity index (χ2n) is 4.18. The first-order valence-electron chi connectivity index (χ1n) is 6.15. The number of aromatic carboxylic acids is 1. The number of aryl methyl sites for hydroxylation is 1. The van der Waals surface area contributed by atoms with E-state index in [2.05, 4.69) is 17.2 Å². The van der Waals surface area contributed by atoms with Crippen LogP contribution in [-0.2, 0) is 19.5 Å². The molecule has 0 spiro atoms. The second kappa shape index (κ2) is 6.45. The topological polar surface area (TPSA) is 62.2 Å². The molecule has 0 radical (unpaired) electrons. The zero-order chi connectivity index (χ0) is 13.7. The van der Waals surface area contributed by atoms with Crippen LogP contribution < -0.4 is 5.32 Å². The van der Waals surface area contributed by atoms with Crippen molar-refractivity contribution in [3.8, 4) is 0 Å². The van der Waals surface area contributed by atoms with E-state index in [1.54, 1.807) is 23.5 Å². The molecular weight excluding hydrogens is 260 g/mol. The number of carboxylic acids is 1. The smallest absolute Gasteiger partial charge is 0.335 e. The van der Waals surface area contributed by atoms with Crippen LogP contribution in [-0.4, -0.2) is 16.1 Å². The van der Waals surface area contributed by atoms with Crippen LogP contribution in [0.25, 0.3) is 0 Å². The molecule has 5 heteroatoms. The number of nitrogens with zero attached hydrogens (tertiary/aromatic N) is 1. The Hall–Kier alpha value is -1.72. The lowest BCUT2D eigenvalue weighted by molar-refractivity contribution is 0.0697. The predicted molar refractivity (Wildman–Crippen MR) is 75.4 cm³/mol. The van der Waals surface area contributed by atoms with E-state index in [4.69, 9.17) is 5.11 Å². The van der Waals surface area contributed by atoms with Crippen molar-refractivity contribution in [2.24, 2.45) is 0 Å². The largest absolute Gasteiger partial charge is 0.478 e. The molecule has 1 heterocycles. The van der Waals surface area contributed by atoms with Crippen LogP contribution in [0, 0.1) is 0 Å². The normalized spacial score (nSPS) is 10.6. The number of hydrogen-bond acceptors (Lipinski definition) is 4. The molecule has 1 aromatic carbocycles. The van der Waals surface area contributed by atoms with E-state index < -0.39 is 5.97 Å². The monoisotopic (exact) mass is 276 g/mol. The molecule has 2 N–H and O–H groups in total. The van der Waals surface area contributed by atoms with Crippen LogP contribution in [0.3, 0.4) is 0 Å². The van der Waals surface area contributed by atoms with Gasteiger partial charge in [0.2, 0.25) is 0 Å². The number of aromatic nitrogens is 1. The molecule has 0 aliphatic heterocycles. The fourth-order valence-corrected chi connectivity index (χ4v) is 2.52. The van der Waals surface area contributed by atoms with Crippen molar-refractivity contribution >= 4 is 17.3 Å². The number of thiazole rings is 1. The Balaban J connectivity index is 1.83.